The van der Waals surface area contributed by atoms with Crippen LogP contribution in [-0.2, 0) is 31.9 Å². The minimum absolute atomic E-state index is 0.170. The molecule has 0 atom stereocenters. The number of rotatable bonds is 8. The molecule has 8 nitrogen and oxygen atoms in total. The summed E-state index contributed by atoms with van der Waals surface area (Å²) >= 11 is 2.68. The number of ether oxygens (including phenoxy) is 2. The van der Waals surface area contributed by atoms with Crippen LogP contribution in [0.5, 0.6) is 0 Å². The molecule has 0 unspecified atom stereocenters. The van der Waals surface area contributed by atoms with Gasteiger partial charge in [-0.05, 0) is 50.2 Å². The van der Waals surface area contributed by atoms with Crippen molar-refractivity contribution in [3.63, 3.8) is 0 Å². The van der Waals surface area contributed by atoms with E-state index in [0.29, 0.717) is 15.6 Å². The molecule has 2 aromatic rings. The van der Waals surface area contributed by atoms with Crippen LogP contribution in [0.4, 0.5) is 10.0 Å². The molecule has 33 heavy (non-hydrogen) atoms. The van der Waals surface area contributed by atoms with E-state index in [4.69, 9.17) is 9.47 Å². The van der Waals surface area contributed by atoms with Crippen molar-refractivity contribution in [3.05, 3.63) is 32.5 Å². The highest BCUT2D eigenvalue weighted by Gasteiger charge is 2.28. The molecule has 3 rings (SSSR count). The van der Waals surface area contributed by atoms with Gasteiger partial charge in [0.15, 0.2) is 6.61 Å². The van der Waals surface area contributed by atoms with Gasteiger partial charge in [-0.2, -0.15) is 0 Å². The molecular formula is C23H28N2O6S2. The summed E-state index contributed by atoms with van der Waals surface area (Å²) in [7, 11) is 0. The Labute approximate surface area is 200 Å². The number of amides is 2. The van der Waals surface area contributed by atoms with Crippen LogP contribution in [0.3, 0.4) is 0 Å². The van der Waals surface area contributed by atoms with E-state index >= 15 is 0 Å². The van der Waals surface area contributed by atoms with E-state index in [1.165, 1.54) is 29.6 Å². The van der Waals surface area contributed by atoms with Crippen molar-refractivity contribution in [2.24, 2.45) is 0 Å². The van der Waals surface area contributed by atoms with Gasteiger partial charge in [0.05, 0.1) is 17.7 Å². The Bertz CT molecular complexity index is 1070. The van der Waals surface area contributed by atoms with Crippen LogP contribution < -0.4 is 10.6 Å². The molecule has 0 bridgehead atoms. The molecule has 1 aliphatic carbocycles. The Balaban J connectivity index is 1.72. The maximum absolute atomic E-state index is 12.9. The highest BCUT2D eigenvalue weighted by atomic mass is 32.1. The molecule has 0 radical (unpaired) electrons. The summed E-state index contributed by atoms with van der Waals surface area (Å²) in [5.41, 5.74) is 1.51. The van der Waals surface area contributed by atoms with Crippen molar-refractivity contribution in [1.82, 2.24) is 0 Å². The number of thiophene rings is 2. The first-order chi connectivity index (χ1) is 15.7. The van der Waals surface area contributed by atoms with Crippen molar-refractivity contribution < 1.29 is 28.7 Å². The summed E-state index contributed by atoms with van der Waals surface area (Å²) in [6.07, 6.45) is 3.58. The lowest BCUT2D eigenvalue weighted by Crippen LogP contribution is -2.22. The van der Waals surface area contributed by atoms with Crippen LogP contribution in [0.15, 0.2) is 6.07 Å². The van der Waals surface area contributed by atoms with Gasteiger partial charge in [0.25, 0.3) is 5.91 Å². The second-order valence-electron chi connectivity index (χ2n) is 7.99. The molecule has 0 spiro atoms. The molecule has 2 aromatic heterocycles. The van der Waals surface area contributed by atoms with E-state index in [2.05, 4.69) is 10.6 Å². The Morgan fingerprint density at radius 2 is 1.73 bits per heavy atom. The maximum Gasteiger partial charge on any atom is 0.341 e. The van der Waals surface area contributed by atoms with E-state index in [0.717, 1.165) is 41.0 Å². The van der Waals surface area contributed by atoms with Crippen molar-refractivity contribution >= 4 is 56.4 Å². The average molecular weight is 493 g/mol. The van der Waals surface area contributed by atoms with E-state index in [1.54, 1.807) is 13.0 Å². The maximum atomic E-state index is 12.9. The Kier molecular flexibility index (Phi) is 8.25. The van der Waals surface area contributed by atoms with Gasteiger partial charge in [0, 0.05) is 16.7 Å². The molecule has 0 aliphatic heterocycles. The van der Waals surface area contributed by atoms with Crippen LogP contribution in [-0.4, -0.2) is 37.0 Å². The minimum Gasteiger partial charge on any atom is -0.462 e. The van der Waals surface area contributed by atoms with Gasteiger partial charge < -0.3 is 20.1 Å². The van der Waals surface area contributed by atoms with Crippen LogP contribution in [0.1, 0.15) is 82.5 Å². The van der Waals surface area contributed by atoms with Crippen molar-refractivity contribution in [2.75, 3.05) is 23.8 Å². The average Bonchev–Trinajstić information content (AvgIpc) is 3.33. The molecule has 10 heteroatoms. The summed E-state index contributed by atoms with van der Waals surface area (Å²) in [5, 5.41) is 6.21. The normalized spacial score (nSPS) is 12.8. The lowest BCUT2D eigenvalue weighted by molar-refractivity contribution is -0.119. The third-order valence-electron chi connectivity index (χ3n) is 5.07. The predicted molar refractivity (Wildman–Crippen MR) is 129 cm³/mol. The summed E-state index contributed by atoms with van der Waals surface area (Å²) in [4.78, 5) is 51.3. The largest absolute Gasteiger partial charge is 0.462 e. The minimum atomic E-state index is -0.645. The number of aryl methyl sites for hydroxylation is 1. The van der Waals surface area contributed by atoms with Crippen LogP contribution in [0, 0.1) is 0 Å². The van der Waals surface area contributed by atoms with Gasteiger partial charge in [-0.25, -0.2) is 9.59 Å². The number of esters is 2. The number of nitrogens with one attached hydrogen (secondary N) is 2. The smallest absolute Gasteiger partial charge is 0.341 e. The Morgan fingerprint density at radius 1 is 1.00 bits per heavy atom. The summed E-state index contributed by atoms with van der Waals surface area (Å²) in [5.74, 6) is -1.82. The Hall–Kier alpha value is -2.72. The summed E-state index contributed by atoms with van der Waals surface area (Å²) in [6.45, 7) is 6.78. The monoisotopic (exact) mass is 492 g/mol. The van der Waals surface area contributed by atoms with Gasteiger partial charge in [-0.15, -0.1) is 22.7 Å². The van der Waals surface area contributed by atoms with Crippen molar-refractivity contribution in [2.45, 2.75) is 59.3 Å². The molecule has 2 N–H and O–H groups in total. The molecular weight excluding hydrogens is 464 g/mol. The predicted octanol–water partition coefficient (Wildman–Crippen LogP) is 4.74. The van der Waals surface area contributed by atoms with E-state index in [1.807, 2.05) is 13.8 Å². The Morgan fingerprint density at radius 3 is 2.39 bits per heavy atom. The first kappa shape index (κ1) is 24.9. The fourth-order valence-electron chi connectivity index (χ4n) is 3.54. The quantitative estimate of drug-likeness (QED) is 0.515. The first-order valence-corrected chi connectivity index (χ1v) is 12.5. The molecule has 2 amide bonds. The van der Waals surface area contributed by atoms with E-state index in [9.17, 15) is 19.2 Å². The van der Waals surface area contributed by atoms with Gasteiger partial charge >= 0.3 is 11.9 Å². The number of carbonyl (C=O) groups excluding carboxylic acids is 4. The van der Waals surface area contributed by atoms with Crippen LogP contribution >= 0.6 is 22.7 Å². The zero-order chi connectivity index (χ0) is 24.1. The highest BCUT2D eigenvalue weighted by molar-refractivity contribution is 7.17. The molecule has 0 fully saturated rings. The SMILES string of the molecule is CCOC(=O)c1cc(C(C)C)sc1NC(=O)COC(=O)c1c(NC(C)=O)sc2c1CCCC2. The van der Waals surface area contributed by atoms with E-state index in [-0.39, 0.29) is 24.0 Å². The molecule has 0 saturated heterocycles. The van der Waals surface area contributed by atoms with E-state index < -0.39 is 24.5 Å². The number of hydrogen-bond acceptors (Lipinski definition) is 8. The van der Waals surface area contributed by atoms with Gasteiger partial charge in [0.2, 0.25) is 5.91 Å². The lowest BCUT2D eigenvalue weighted by Gasteiger charge is -2.13. The number of anilines is 2. The molecule has 1 aliphatic rings. The summed E-state index contributed by atoms with van der Waals surface area (Å²) in [6, 6.07) is 1.71. The first-order valence-electron chi connectivity index (χ1n) is 10.9. The molecule has 0 aromatic carbocycles. The van der Waals surface area contributed by atoms with Crippen LogP contribution in [0.2, 0.25) is 0 Å². The molecule has 178 valence electrons. The number of fused-ring (bicyclic) bond motifs is 1. The molecule has 0 saturated carbocycles. The standard InChI is InChI=1S/C23H28N2O6S2/c1-5-30-22(28)15-10-17(12(2)3)33-20(15)25-18(27)11-31-23(29)19-14-8-6-7-9-16(14)32-21(19)24-13(4)26/h10,12H,5-9,11H2,1-4H3,(H,24,26)(H,25,27). The topological polar surface area (TPSA) is 111 Å². The zero-order valence-corrected chi connectivity index (χ0v) is 20.8. The van der Waals surface area contributed by atoms with Crippen molar-refractivity contribution in [1.29, 1.82) is 0 Å². The molecule has 2 heterocycles. The van der Waals surface area contributed by atoms with Crippen LogP contribution in [0.25, 0.3) is 0 Å². The lowest BCUT2D eigenvalue weighted by atomic mass is 9.95. The fraction of sp³-hybridized carbons (Fsp3) is 0.478. The van der Waals surface area contributed by atoms with Gasteiger partial charge in [-0.1, -0.05) is 13.8 Å². The second kappa shape index (κ2) is 10.9. The number of hydrogen-bond donors (Lipinski definition) is 2. The highest BCUT2D eigenvalue weighted by Crippen LogP contribution is 2.38. The number of carbonyl (C=O) groups is 4. The third-order valence-corrected chi connectivity index (χ3v) is 7.63. The summed E-state index contributed by atoms with van der Waals surface area (Å²) < 4.78 is 10.4. The fourth-order valence-corrected chi connectivity index (χ4v) is 5.93. The van der Waals surface area contributed by atoms with Crippen molar-refractivity contribution in [3.8, 4) is 0 Å². The van der Waals surface area contributed by atoms with Gasteiger partial charge in [-0.3, -0.25) is 9.59 Å². The second-order valence-corrected chi connectivity index (χ2v) is 10.2. The zero-order valence-electron chi connectivity index (χ0n) is 19.2. The third kappa shape index (κ3) is 6.00. The van der Waals surface area contributed by atoms with Gasteiger partial charge in [0.1, 0.15) is 10.0 Å².